The fraction of sp³-hybridized carbons (Fsp3) is 0.105. The summed E-state index contributed by atoms with van der Waals surface area (Å²) < 4.78 is 2.13. The molecule has 0 spiro atoms. The van der Waals surface area contributed by atoms with Crippen molar-refractivity contribution in [3.05, 3.63) is 54.1 Å². The molecule has 4 nitrogen and oxygen atoms in total. The summed E-state index contributed by atoms with van der Waals surface area (Å²) in [5.74, 6) is -0.295. The van der Waals surface area contributed by atoms with Gasteiger partial charge in [-0.25, -0.2) is 0 Å². The number of fused-ring (bicyclic) bond motifs is 5. The number of phenols is 1. The van der Waals surface area contributed by atoms with Crippen LogP contribution in [0.25, 0.3) is 32.6 Å². The lowest BCUT2D eigenvalue weighted by atomic mass is 10.0. The lowest BCUT2D eigenvalue weighted by Crippen LogP contribution is -2.17. The minimum Gasteiger partial charge on any atom is -0.507 e. The largest absolute Gasteiger partial charge is 0.507 e. The number of phenolic OH excluding ortho intramolecular Hbond substituents is 1. The quantitative estimate of drug-likeness (QED) is 0.565. The Hall–Kier alpha value is -3.01. The van der Waals surface area contributed by atoms with Crippen molar-refractivity contribution in [3.63, 3.8) is 0 Å². The molecule has 0 saturated carbocycles. The van der Waals surface area contributed by atoms with E-state index in [0.29, 0.717) is 0 Å². The van der Waals surface area contributed by atoms with Crippen LogP contribution in [0.2, 0.25) is 0 Å². The van der Waals surface area contributed by atoms with Crippen molar-refractivity contribution in [1.82, 2.24) is 9.88 Å². The molecule has 0 fully saturated rings. The van der Waals surface area contributed by atoms with Crippen LogP contribution in [0.3, 0.4) is 0 Å². The van der Waals surface area contributed by atoms with Crippen molar-refractivity contribution in [3.8, 4) is 5.75 Å². The first-order chi connectivity index (χ1) is 11.1. The number of hydrogen-bond donors (Lipinski definition) is 2. The van der Waals surface area contributed by atoms with Crippen LogP contribution in [-0.4, -0.2) is 22.6 Å². The Kier molecular flexibility index (Phi) is 2.81. The molecule has 114 valence electrons. The molecule has 1 amide bonds. The van der Waals surface area contributed by atoms with Crippen molar-refractivity contribution in [2.75, 3.05) is 7.05 Å². The summed E-state index contributed by atoms with van der Waals surface area (Å²) in [5, 5.41) is 17.0. The number of benzene rings is 3. The van der Waals surface area contributed by atoms with Crippen molar-refractivity contribution in [2.24, 2.45) is 7.05 Å². The number of carbonyl (C=O) groups is 1. The van der Waals surface area contributed by atoms with E-state index < -0.39 is 0 Å². The second-order valence-electron chi connectivity index (χ2n) is 5.71. The molecule has 0 aliphatic heterocycles. The fourth-order valence-electron chi connectivity index (χ4n) is 3.35. The van der Waals surface area contributed by atoms with Gasteiger partial charge in [0.2, 0.25) is 0 Å². The Bertz CT molecular complexity index is 1090. The second kappa shape index (κ2) is 4.74. The molecular formula is C19H16N2O2. The molecule has 4 rings (SSSR count). The van der Waals surface area contributed by atoms with Gasteiger partial charge in [-0.15, -0.1) is 0 Å². The monoisotopic (exact) mass is 304 g/mol. The van der Waals surface area contributed by atoms with Gasteiger partial charge in [0.25, 0.3) is 5.91 Å². The summed E-state index contributed by atoms with van der Waals surface area (Å²) in [6, 6.07) is 15.7. The second-order valence-corrected chi connectivity index (χ2v) is 5.71. The summed E-state index contributed by atoms with van der Waals surface area (Å²) in [7, 11) is 3.58. The third-order valence-corrected chi connectivity index (χ3v) is 4.47. The Morgan fingerprint density at radius 1 is 1.04 bits per heavy atom. The molecule has 1 aromatic heterocycles. The summed E-state index contributed by atoms with van der Waals surface area (Å²) >= 11 is 0. The van der Waals surface area contributed by atoms with E-state index >= 15 is 0 Å². The first-order valence-electron chi connectivity index (χ1n) is 7.46. The first kappa shape index (κ1) is 13.6. The first-order valence-corrected chi connectivity index (χ1v) is 7.46. The molecule has 4 heteroatoms. The topological polar surface area (TPSA) is 54.3 Å². The number of nitrogens with one attached hydrogen (secondary N) is 1. The summed E-state index contributed by atoms with van der Waals surface area (Å²) in [4.78, 5) is 11.9. The molecule has 0 aliphatic rings. The molecule has 0 saturated heterocycles. The van der Waals surface area contributed by atoms with Gasteiger partial charge < -0.3 is 15.0 Å². The van der Waals surface area contributed by atoms with Crippen molar-refractivity contribution in [1.29, 1.82) is 0 Å². The maximum absolute atomic E-state index is 11.9. The summed E-state index contributed by atoms with van der Waals surface area (Å²) in [6.07, 6.45) is 0. The number of aromatic nitrogens is 1. The molecule has 0 atom stereocenters. The predicted octanol–water partition coefficient (Wildman–Crippen LogP) is 3.55. The van der Waals surface area contributed by atoms with Crippen molar-refractivity contribution < 1.29 is 9.90 Å². The van der Waals surface area contributed by atoms with Gasteiger partial charge in [-0.05, 0) is 23.6 Å². The fourth-order valence-corrected chi connectivity index (χ4v) is 3.35. The predicted molar refractivity (Wildman–Crippen MR) is 93.0 cm³/mol. The molecule has 0 unspecified atom stereocenters. The van der Waals surface area contributed by atoms with Crippen LogP contribution >= 0.6 is 0 Å². The highest BCUT2D eigenvalue weighted by atomic mass is 16.3. The van der Waals surface area contributed by atoms with Crippen LogP contribution in [0.15, 0.2) is 48.5 Å². The zero-order valence-corrected chi connectivity index (χ0v) is 12.9. The van der Waals surface area contributed by atoms with Crippen LogP contribution < -0.4 is 5.32 Å². The number of rotatable bonds is 1. The number of amides is 1. The molecule has 3 aromatic carbocycles. The standard InChI is InChI=1S/C19H16N2O2/c1-20-19(23)15-9-11-7-8-13-12-5-3-4-6-16(12)21(2)18(13)14(11)10-17(15)22/h3-10,22H,1-2H3,(H,20,23). The zero-order chi connectivity index (χ0) is 16.1. The van der Waals surface area contributed by atoms with Gasteiger partial charge in [0.1, 0.15) is 5.75 Å². The number of nitrogens with zero attached hydrogens (tertiary/aromatic N) is 1. The number of aromatic hydroxyl groups is 1. The molecular weight excluding hydrogens is 288 g/mol. The number of aryl methyl sites for hydroxylation is 1. The van der Waals surface area contributed by atoms with Gasteiger partial charge in [0.15, 0.2) is 0 Å². The molecule has 2 N–H and O–H groups in total. The van der Waals surface area contributed by atoms with Crippen LogP contribution in [0.1, 0.15) is 10.4 Å². The maximum atomic E-state index is 11.9. The van der Waals surface area contributed by atoms with Crippen LogP contribution in [0.4, 0.5) is 0 Å². The average molecular weight is 304 g/mol. The van der Waals surface area contributed by atoms with Crippen LogP contribution in [0, 0.1) is 0 Å². The van der Waals surface area contributed by atoms with Gasteiger partial charge in [-0.2, -0.15) is 0 Å². The normalized spacial score (nSPS) is 11.4. The smallest absolute Gasteiger partial charge is 0.254 e. The van der Waals surface area contributed by atoms with Gasteiger partial charge in [0.05, 0.1) is 11.1 Å². The third-order valence-electron chi connectivity index (χ3n) is 4.47. The molecule has 1 heterocycles. The molecule has 23 heavy (non-hydrogen) atoms. The van der Waals surface area contributed by atoms with E-state index in [-0.39, 0.29) is 17.2 Å². The highest BCUT2D eigenvalue weighted by Crippen LogP contribution is 2.35. The van der Waals surface area contributed by atoms with E-state index in [2.05, 4.69) is 28.1 Å². The molecule has 0 radical (unpaired) electrons. The Morgan fingerprint density at radius 2 is 1.83 bits per heavy atom. The SMILES string of the molecule is CNC(=O)c1cc2ccc3c4ccccc4n(C)c3c2cc1O. The van der Waals surface area contributed by atoms with Crippen LogP contribution in [0.5, 0.6) is 5.75 Å². The minimum atomic E-state index is -0.290. The molecule has 0 aliphatic carbocycles. The zero-order valence-electron chi connectivity index (χ0n) is 12.9. The molecule has 4 aromatic rings. The minimum absolute atomic E-state index is 0.00499. The molecule has 0 bridgehead atoms. The highest BCUT2D eigenvalue weighted by Gasteiger charge is 2.15. The summed E-state index contributed by atoms with van der Waals surface area (Å²) in [6.45, 7) is 0. The van der Waals surface area contributed by atoms with Crippen LogP contribution in [-0.2, 0) is 7.05 Å². The van der Waals surface area contributed by atoms with Gasteiger partial charge >= 0.3 is 0 Å². The van der Waals surface area contributed by atoms with E-state index in [4.69, 9.17) is 0 Å². The number of hydrogen-bond acceptors (Lipinski definition) is 2. The van der Waals surface area contributed by atoms with Gasteiger partial charge in [-0.3, -0.25) is 4.79 Å². The van der Waals surface area contributed by atoms with Crippen molar-refractivity contribution >= 4 is 38.5 Å². The van der Waals surface area contributed by atoms with Gasteiger partial charge in [-0.1, -0.05) is 30.3 Å². The summed E-state index contributed by atoms with van der Waals surface area (Å²) in [5.41, 5.74) is 2.49. The Labute approximate surface area is 132 Å². The lowest BCUT2D eigenvalue weighted by Gasteiger charge is -2.08. The maximum Gasteiger partial charge on any atom is 0.254 e. The van der Waals surface area contributed by atoms with E-state index in [1.807, 2.05) is 25.2 Å². The highest BCUT2D eigenvalue weighted by molar-refractivity contribution is 6.18. The number of para-hydroxylation sites is 1. The van der Waals surface area contributed by atoms with E-state index in [0.717, 1.165) is 27.2 Å². The third kappa shape index (κ3) is 1.81. The number of carbonyl (C=O) groups excluding carboxylic acids is 1. The van der Waals surface area contributed by atoms with Crippen molar-refractivity contribution in [2.45, 2.75) is 0 Å². The lowest BCUT2D eigenvalue weighted by molar-refractivity contribution is 0.0960. The average Bonchev–Trinajstić information content (AvgIpc) is 2.87. The van der Waals surface area contributed by atoms with Gasteiger partial charge in [0, 0.05) is 35.8 Å². The Balaban J connectivity index is 2.17. The van der Waals surface area contributed by atoms with E-state index in [9.17, 15) is 9.90 Å². The van der Waals surface area contributed by atoms with E-state index in [1.165, 1.54) is 5.39 Å². The Morgan fingerprint density at radius 3 is 2.61 bits per heavy atom. The van der Waals surface area contributed by atoms with E-state index in [1.54, 1.807) is 19.2 Å².